The fourth-order valence-electron chi connectivity index (χ4n) is 2.41. The molecule has 144 valence electrons. The van der Waals surface area contributed by atoms with Gasteiger partial charge >= 0.3 is 0 Å². The molecule has 0 heterocycles. The van der Waals surface area contributed by atoms with Crippen LogP contribution in [0.3, 0.4) is 0 Å². The van der Waals surface area contributed by atoms with Gasteiger partial charge in [0.15, 0.2) is 29.1 Å². The molecule has 0 radical (unpaired) electrons. The van der Waals surface area contributed by atoms with Gasteiger partial charge in [0.1, 0.15) is 5.69 Å². The zero-order chi connectivity index (χ0) is 20.0. The first-order chi connectivity index (χ1) is 12.9. The third kappa shape index (κ3) is 4.91. The Morgan fingerprint density at radius 2 is 1.63 bits per heavy atom. The highest BCUT2D eigenvalue weighted by atomic mass is 19.2. The van der Waals surface area contributed by atoms with Crippen LogP contribution in [0.15, 0.2) is 35.3 Å². The fourth-order valence-corrected chi connectivity index (χ4v) is 2.41. The van der Waals surface area contributed by atoms with Gasteiger partial charge in [-0.25, -0.2) is 17.6 Å². The SMILES string of the molecule is CC(CC(=O)c1ccccc1)=NCCNc1c(F)c(F)c(CO)c(F)c1F. The molecular formula is C19H18F4N2O2. The Hall–Kier alpha value is -2.74. The largest absolute Gasteiger partial charge is 0.391 e. The number of hydrogen-bond acceptors (Lipinski definition) is 4. The first-order valence-electron chi connectivity index (χ1n) is 8.14. The number of carbonyl (C=O) groups is 1. The molecule has 2 aromatic carbocycles. The van der Waals surface area contributed by atoms with Crippen LogP contribution in [0.4, 0.5) is 23.2 Å². The van der Waals surface area contributed by atoms with Crippen molar-refractivity contribution in [1.82, 2.24) is 0 Å². The third-order valence-electron chi connectivity index (χ3n) is 3.82. The Morgan fingerprint density at radius 3 is 2.19 bits per heavy atom. The maximum atomic E-state index is 13.8. The molecule has 2 aromatic rings. The van der Waals surface area contributed by atoms with E-state index in [0.717, 1.165) is 0 Å². The monoisotopic (exact) mass is 382 g/mol. The number of Topliss-reactive ketones (excluding diaryl/α,β-unsaturated/α-hetero) is 1. The lowest BCUT2D eigenvalue weighted by Crippen LogP contribution is -2.14. The molecule has 27 heavy (non-hydrogen) atoms. The Balaban J connectivity index is 1.96. The number of carbonyl (C=O) groups excluding carboxylic acids is 1. The molecule has 2 rings (SSSR count). The third-order valence-corrected chi connectivity index (χ3v) is 3.82. The van der Waals surface area contributed by atoms with Crippen LogP contribution in [0.25, 0.3) is 0 Å². The summed E-state index contributed by atoms with van der Waals surface area (Å²) in [5, 5.41) is 11.0. The van der Waals surface area contributed by atoms with E-state index in [9.17, 15) is 22.4 Å². The molecule has 0 spiro atoms. The lowest BCUT2D eigenvalue weighted by Gasteiger charge is -2.12. The quantitative estimate of drug-likeness (QED) is 0.239. The number of anilines is 1. The molecular weight excluding hydrogens is 364 g/mol. The van der Waals surface area contributed by atoms with Crippen LogP contribution in [-0.4, -0.2) is 29.7 Å². The second-order valence-corrected chi connectivity index (χ2v) is 5.78. The van der Waals surface area contributed by atoms with Crippen molar-refractivity contribution in [2.24, 2.45) is 4.99 Å². The van der Waals surface area contributed by atoms with Crippen molar-refractivity contribution in [1.29, 1.82) is 0 Å². The summed E-state index contributed by atoms with van der Waals surface area (Å²) in [5.41, 5.74) is -0.969. The molecule has 4 nitrogen and oxygen atoms in total. The fraction of sp³-hybridized carbons (Fsp3) is 0.263. The normalized spacial score (nSPS) is 11.6. The Bertz CT molecular complexity index is 826. The zero-order valence-corrected chi connectivity index (χ0v) is 14.5. The van der Waals surface area contributed by atoms with Crippen molar-refractivity contribution in [3.63, 3.8) is 0 Å². The lowest BCUT2D eigenvalue weighted by atomic mass is 10.1. The predicted octanol–water partition coefficient (Wildman–Crippen LogP) is 3.88. The maximum absolute atomic E-state index is 13.8. The summed E-state index contributed by atoms with van der Waals surface area (Å²) in [6.45, 7) is 0.405. The number of benzene rings is 2. The van der Waals surface area contributed by atoms with Gasteiger partial charge in [-0.3, -0.25) is 9.79 Å². The van der Waals surface area contributed by atoms with Gasteiger partial charge in [-0.05, 0) is 6.92 Å². The van der Waals surface area contributed by atoms with E-state index in [1.54, 1.807) is 37.3 Å². The maximum Gasteiger partial charge on any atom is 0.185 e. The number of aliphatic hydroxyl groups excluding tert-OH is 1. The average Bonchev–Trinajstić information content (AvgIpc) is 2.67. The van der Waals surface area contributed by atoms with Gasteiger partial charge in [0.2, 0.25) is 0 Å². The van der Waals surface area contributed by atoms with Crippen LogP contribution >= 0.6 is 0 Å². The van der Waals surface area contributed by atoms with Crippen LogP contribution in [0.5, 0.6) is 0 Å². The summed E-state index contributed by atoms with van der Waals surface area (Å²) in [7, 11) is 0. The minimum atomic E-state index is -1.65. The number of aliphatic imine (C=N–C) groups is 1. The number of nitrogens with one attached hydrogen (secondary N) is 1. The second kappa shape index (κ2) is 9.27. The van der Waals surface area contributed by atoms with E-state index in [1.807, 2.05) is 0 Å². The molecule has 0 saturated carbocycles. The summed E-state index contributed by atoms with van der Waals surface area (Å²) in [4.78, 5) is 16.1. The molecule has 0 amide bonds. The Kier molecular flexibility index (Phi) is 7.06. The number of rotatable bonds is 8. The van der Waals surface area contributed by atoms with Gasteiger partial charge in [-0.15, -0.1) is 0 Å². The molecule has 2 N–H and O–H groups in total. The molecule has 0 aromatic heterocycles. The van der Waals surface area contributed by atoms with Crippen molar-refractivity contribution >= 4 is 17.2 Å². The number of hydrogen-bond donors (Lipinski definition) is 2. The van der Waals surface area contributed by atoms with Gasteiger partial charge < -0.3 is 10.4 Å². The van der Waals surface area contributed by atoms with Crippen LogP contribution in [0, 0.1) is 23.3 Å². The minimum absolute atomic E-state index is 0.0395. The zero-order valence-electron chi connectivity index (χ0n) is 14.5. The highest BCUT2D eigenvalue weighted by molar-refractivity contribution is 6.08. The van der Waals surface area contributed by atoms with Crippen molar-refractivity contribution in [3.8, 4) is 0 Å². The molecule has 0 fully saturated rings. The average molecular weight is 382 g/mol. The standard InChI is InChI=1S/C19H18F4N2O2/c1-11(9-14(27)12-5-3-2-4-6-12)24-7-8-25-19-17(22)15(20)13(10-26)16(21)18(19)23/h2-6,25-26H,7-10H2,1H3. The summed E-state index contributed by atoms with van der Waals surface area (Å²) in [5.74, 6) is -6.64. The van der Waals surface area contributed by atoms with Crippen molar-refractivity contribution < 1.29 is 27.5 Å². The van der Waals surface area contributed by atoms with Crippen LogP contribution in [-0.2, 0) is 6.61 Å². The summed E-state index contributed by atoms with van der Waals surface area (Å²) < 4.78 is 54.8. The highest BCUT2D eigenvalue weighted by Crippen LogP contribution is 2.28. The first-order valence-corrected chi connectivity index (χ1v) is 8.14. The van der Waals surface area contributed by atoms with Gasteiger partial charge in [0.05, 0.1) is 18.7 Å². The lowest BCUT2D eigenvalue weighted by molar-refractivity contribution is 0.100. The number of aliphatic hydroxyl groups is 1. The smallest absolute Gasteiger partial charge is 0.185 e. The predicted molar refractivity (Wildman–Crippen MR) is 94.1 cm³/mol. The van der Waals surface area contributed by atoms with E-state index in [1.165, 1.54) is 0 Å². The van der Waals surface area contributed by atoms with Crippen molar-refractivity contribution in [2.75, 3.05) is 18.4 Å². The Labute approximate surface area is 153 Å². The number of halogens is 4. The molecule has 0 unspecified atom stereocenters. The van der Waals surface area contributed by atoms with Gasteiger partial charge in [0.25, 0.3) is 0 Å². The number of ketones is 1. The van der Waals surface area contributed by atoms with Gasteiger partial charge in [-0.2, -0.15) is 0 Å². The topological polar surface area (TPSA) is 61.7 Å². The summed E-state index contributed by atoms with van der Waals surface area (Å²) in [6, 6.07) is 8.64. The molecule has 0 bridgehead atoms. The molecule has 0 aliphatic heterocycles. The Morgan fingerprint density at radius 1 is 1.04 bits per heavy atom. The van der Waals surface area contributed by atoms with E-state index in [2.05, 4.69) is 10.3 Å². The van der Waals surface area contributed by atoms with Crippen molar-refractivity contribution in [2.45, 2.75) is 20.0 Å². The van der Waals surface area contributed by atoms with E-state index in [0.29, 0.717) is 11.3 Å². The summed E-state index contributed by atoms with van der Waals surface area (Å²) in [6.07, 6.45) is 0.0845. The van der Waals surface area contributed by atoms with Gasteiger partial charge in [0, 0.05) is 24.2 Å². The molecule has 0 atom stereocenters. The van der Waals surface area contributed by atoms with E-state index in [-0.39, 0.29) is 25.3 Å². The molecule has 0 aliphatic rings. The van der Waals surface area contributed by atoms with E-state index >= 15 is 0 Å². The van der Waals surface area contributed by atoms with E-state index in [4.69, 9.17) is 5.11 Å². The first kappa shape index (κ1) is 20.6. The molecule has 0 aliphatic carbocycles. The van der Waals surface area contributed by atoms with Crippen LogP contribution in [0.2, 0.25) is 0 Å². The number of nitrogens with zero attached hydrogens (tertiary/aromatic N) is 1. The molecule has 8 heteroatoms. The summed E-state index contributed by atoms with van der Waals surface area (Å²) >= 11 is 0. The minimum Gasteiger partial charge on any atom is -0.391 e. The second-order valence-electron chi connectivity index (χ2n) is 5.78. The van der Waals surface area contributed by atoms with Gasteiger partial charge in [-0.1, -0.05) is 30.3 Å². The van der Waals surface area contributed by atoms with Crippen LogP contribution < -0.4 is 5.32 Å². The van der Waals surface area contributed by atoms with Crippen LogP contribution in [0.1, 0.15) is 29.3 Å². The molecule has 0 saturated heterocycles. The van der Waals surface area contributed by atoms with E-state index < -0.39 is 41.1 Å². The van der Waals surface area contributed by atoms with Crippen molar-refractivity contribution in [3.05, 3.63) is 64.7 Å². The highest BCUT2D eigenvalue weighted by Gasteiger charge is 2.24.